The lowest BCUT2D eigenvalue weighted by Crippen LogP contribution is -2.61. The lowest BCUT2D eigenvalue weighted by Gasteiger charge is -2.44. The monoisotopic (exact) mass is 245 g/mol. The molecule has 0 N–H and O–H groups in total. The first-order chi connectivity index (χ1) is 6.46. The van der Waals surface area contributed by atoms with Crippen LogP contribution in [0.15, 0.2) is 0 Å². The fourth-order valence-corrected chi connectivity index (χ4v) is 11.9. The van der Waals surface area contributed by atoms with Gasteiger partial charge in [0.2, 0.25) is 5.91 Å². The Bertz CT molecular complexity index is 212. The van der Waals surface area contributed by atoms with Gasteiger partial charge in [0.1, 0.15) is 16.5 Å². The van der Waals surface area contributed by atoms with E-state index >= 15 is 0 Å². The van der Waals surface area contributed by atoms with Crippen LogP contribution >= 0.6 is 0 Å². The van der Waals surface area contributed by atoms with Crippen LogP contribution in [0.3, 0.4) is 0 Å². The van der Waals surface area contributed by atoms with Crippen LogP contribution in [-0.2, 0) is 4.79 Å². The largest absolute Gasteiger partial charge is 0.396 e. The molecule has 0 bridgehead atoms. The minimum absolute atomic E-state index is 0.378. The zero-order chi connectivity index (χ0) is 12.4. The first-order valence-electron chi connectivity index (χ1n) is 5.79. The maximum absolute atomic E-state index is 12.2. The predicted octanol–water partition coefficient (Wildman–Crippen LogP) is 3.53. The smallest absolute Gasteiger partial charge is 0.207 e. The van der Waals surface area contributed by atoms with Gasteiger partial charge in [-0.2, -0.15) is 0 Å². The number of hydrogen-bond acceptors (Lipinski definition) is 1. The number of nitrogens with zero attached hydrogens (tertiary/aromatic N) is 1. The van der Waals surface area contributed by atoms with Crippen LogP contribution in [0.5, 0.6) is 0 Å². The van der Waals surface area contributed by atoms with Gasteiger partial charge in [0.05, 0.1) is 0 Å². The molecule has 0 aliphatic rings. The maximum Gasteiger partial charge on any atom is 0.207 e. The third-order valence-corrected chi connectivity index (χ3v) is 9.38. The minimum atomic E-state index is -1.51. The molecular weight excluding hydrogens is 218 g/mol. The summed E-state index contributed by atoms with van der Waals surface area (Å²) < 4.78 is 2.28. The Morgan fingerprint density at radius 3 is 1.53 bits per heavy atom. The van der Waals surface area contributed by atoms with E-state index in [0.717, 1.165) is 0 Å². The molecule has 0 atom stereocenters. The lowest BCUT2D eigenvalue weighted by molar-refractivity contribution is -0.125. The Hall–Kier alpha value is -0.0962. The summed E-state index contributed by atoms with van der Waals surface area (Å²) in [4.78, 5) is 12.2. The third kappa shape index (κ3) is 4.97. The molecule has 0 aromatic heterocycles. The average molecular weight is 246 g/mol. The van der Waals surface area contributed by atoms with Crippen molar-refractivity contribution in [2.24, 2.45) is 5.92 Å². The van der Waals surface area contributed by atoms with Gasteiger partial charge in [0.15, 0.2) is 0 Å². The number of hydrogen-bond donors (Lipinski definition) is 0. The van der Waals surface area contributed by atoms with E-state index in [1.807, 2.05) is 0 Å². The van der Waals surface area contributed by atoms with Crippen molar-refractivity contribution in [3.8, 4) is 0 Å². The van der Waals surface area contributed by atoms with Gasteiger partial charge in [-0.25, -0.2) is 0 Å². The van der Waals surface area contributed by atoms with Crippen molar-refractivity contribution in [3.63, 3.8) is 0 Å². The van der Waals surface area contributed by atoms with Crippen LogP contribution in [0.2, 0.25) is 39.3 Å². The highest BCUT2D eigenvalue weighted by atomic mass is 28.4. The van der Waals surface area contributed by atoms with Gasteiger partial charge in [-0.05, 0) is 5.92 Å². The second-order valence-corrected chi connectivity index (χ2v) is 16.7. The van der Waals surface area contributed by atoms with Crippen molar-refractivity contribution in [2.45, 2.75) is 59.6 Å². The first kappa shape index (κ1) is 14.9. The van der Waals surface area contributed by atoms with Crippen molar-refractivity contribution in [1.29, 1.82) is 0 Å². The number of rotatable bonds is 4. The van der Waals surface area contributed by atoms with Crippen molar-refractivity contribution in [3.05, 3.63) is 0 Å². The summed E-state index contributed by atoms with van der Waals surface area (Å²) in [6, 6.07) is 0. The summed E-state index contributed by atoms with van der Waals surface area (Å²) in [5.41, 5.74) is 0. The van der Waals surface area contributed by atoms with E-state index in [1.165, 1.54) is 0 Å². The summed E-state index contributed by atoms with van der Waals surface area (Å²) >= 11 is 0. The molecule has 0 fully saturated rings. The van der Waals surface area contributed by atoms with Crippen molar-refractivity contribution in [1.82, 2.24) is 4.23 Å². The Balaban J connectivity index is 4.90. The number of amides is 1. The molecule has 0 spiro atoms. The van der Waals surface area contributed by atoms with E-state index in [4.69, 9.17) is 0 Å². The fourth-order valence-electron chi connectivity index (χ4n) is 2.19. The Labute approximate surface area is 97.2 Å². The van der Waals surface area contributed by atoms with Crippen molar-refractivity contribution in [2.75, 3.05) is 0 Å². The number of carbonyl (C=O) groups excluding carboxylic acids is 1. The van der Waals surface area contributed by atoms with Crippen LogP contribution in [0.4, 0.5) is 0 Å². The Kier molecular flexibility index (Phi) is 4.79. The molecule has 0 saturated heterocycles. The molecule has 0 saturated carbocycles. The van der Waals surface area contributed by atoms with Gasteiger partial charge in [-0.1, -0.05) is 53.1 Å². The molecule has 0 rings (SSSR count). The zero-order valence-corrected chi connectivity index (χ0v) is 13.6. The number of carbonyl (C=O) groups is 1. The summed E-state index contributed by atoms with van der Waals surface area (Å²) in [5.74, 6) is 0.844. The Morgan fingerprint density at radius 2 is 1.33 bits per heavy atom. The van der Waals surface area contributed by atoms with Crippen LogP contribution in [0, 0.1) is 5.92 Å². The van der Waals surface area contributed by atoms with Crippen LogP contribution < -0.4 is 0 Å². The van der Waals surface area contributed by atoms with Gasteiger partial charge in [0.25, 0.3) is 0 Å². The van der Waals surface area contributed by atoms with Gasteiger partial charge in [0, 0.05) is 6.42 Å². The molecule has 0 unspecified atom stereocenters. The second-order valence-electron chi connectivity index (χ2n) is 6.67. The quantitative estimate of drug-likeness (QED) is 0.694. The molecule has 1 amide bonds. The van der Waals surface area contributed by atoms with E-state index in [-0.39, 0.29) is 0 Å². The Morgan fingerprint density at radius 1 is 1.00 bits per heavy atom. The highest BCUT2D eigenvalue weighted by Crippen LogP contribution is 2.22. The van der Waals surface area contributed by atoms with Gasteiger partial charge < -0.3 is 4.23 Å². The van der Waals surface area contributed by atoms with Crippen LogP contribution in [0.25, 0.3) is 0 Å². The highest BCUT2D eigenvalue weighted by molar-refractivity contribution is 6.92. The zero-order valence-electron chi connectivity index (χ0n) is 11.6. The fraction of sp³-hybridized carbons (Fsp3) is 0.909. The summed E-state index contributed by atoms with van der Waals surface area (Å²) in [6.07, 6.45) is 0.703. The first-order valence-corrected chi connectivity index (χ1v) is 12.7. The van der Waals surface area contributed by atoms with Crippen LogP contribution in [0.1, 0.15) is 20.3 Å². The standard InChI is InChI=1S/C11H27NOSi2/c1-10(2)9-11(13)12(14(3,4)5)15(6,7)8/h10H,9H2,1-8H3. The normalized spacial score (nSPS) is 13.1. The predicted molar refractivity (Wildman–Crippen MR) is 73.0 cm³/mol. The molecule has 0 aliphatic carbocycles. The third-order valence-electron chi connectivity index (χ3n) is 2.17. The molecular formula is C11H27NOSi2. The van der Waals surface area contributed by atoms with E-state index in [0.29, 0.717) is 18.2 Å². The summed E-state index contributed by atoms with van der Waals surface area (Å²) in [7, 11) is -3.01. The molecule has 2 nitrogen and oxygen atoms in total. The van der Waals surface area contributed by atoms with E-state index in [2.05, 4.69) is 57.4 Å². The summed E-state index contributed by atoms with van der Waals surface area (Å²) in [5, 5.41) is 0. The maximum atomic E-state index is 12.2. The van der Waals surface area contributed by atoms with Crippen molar-refractivity contribution >= 4 is 22.4 Å². The minimum Gasteiger partial charge on any atom is -0.396 e. The molecule has 90 valence electrons. The van der Waals surface area contributed by atoms with Crippen LogP contribution in [-0.4, -0.2) is 26.6 Å². The van der Waals surface area contributed by atoms with Gasteiger partial charge >= 0.3 is 0 Å². The van der Waals surface area contributed by atoms with Gasteiger partial charge in [-0.15, -0.1) is 0 Å². The molecule has 0 radical (unpaired) electrons. The molecule has 0 aromatic carbocycles. The molecule has 0 heterocycles. The van der Waals surface area contributed by atoms with E-state index in [9.17, 15) is 4.79 Å². The van der Waals surface area contributed by atoms with E-state index < -0.39 is 16.5 Å². The lowest BCUT2D eigenvalue weighted by atomic mass is 10.1. The molecule has 15 heavy (non-hydrogen) atoms. The SMILES string of the molecule is CC(C)CC(=O)N([Si](C)(C)C)[Si](C)(C)C. The topological polar surface area (TPSA) is 20.3 Å². The highest BCUT2D eigenvalue weighted by Gasteiger charge is 2.37. The molecule has 0 aliphatic heterocycles. The summed E-state index contributed by atoms with van der Waals surface area (Å²) in [6.45, 7) is 17.8. The second kappa shape index (κ2) is 4.83. The molecule has 0 aromatic rings. The van der Waals surface area contributed by atoms with E-state index in [1.54, 1.807) is 0 Å². The van der Waals surface area contributed by atoms with Crippen molar-refractivity contribution < 1.29 is 4.79 Å². The molecule has 4 heteroatoms. The average Bonchev–Trinajstić information content (AvgIpc) is 1.74. The van der Waals surface area contributed by atoms with Gasteiger partial charge in [-0.3, -0.25) is 4.79 Å².